The van der Waals surface area contributed by atoms with Crippen LogP contribution in [0.5, 0.6) is 5.75 Å². The first kappa shape index (κ1) is 19.5. The van der Waals surface area contributed by atoms with Crippen molar-refractivity contribution < 1.29 is 9.15 Å². The third-order valence-electron chi connectivity index (χ3n) is 4.73. The van der Waals surface area contributed by atoms with Crippen molar-refractivity contribution in [3.05, 3.63) is 76.3 Å². The number of fused-ring (bicyclic) bond motifs is 2. The lowest BCUT2D eigenvalue weighted by Gasteiger charge is -2.09. The van der Waals surface area contributed by atoms with Crippen LogP contribution in [-0.2, 0) is 12.2 Å². The zero-order valence-corrected chi connectivity index (χ0v) is 17.5. The molecule has 0 aliphatic carbocycles. The summed E-state index contributed by atoms with van der Waals surface area (Å²) in [6, 6.07) is 15.3. The smallest absolute Gasteiger partial charge is 0.336 e. The lowest BCUT2D eigenvalue weighted by atomic mass is 10.1. The predicted molar refractivity (Wildman–Crippen MR) is 123 cm³/mol. The summed E-state index contributed by atoms with van der Waals surface area (Å²) in [4.78, 5) is 15.2. The highest BCUT2D eigenvalue weighted by Crippen LogP contribution is 2.25. The van der Waals surface area contributed by atoms with Gasteiger partial charge in [0.15, 0.2) is 0 Å². The Morgan fingerprint density at radius 1 is 1.17 bits per heavy atom. The second-order valence-electron chi connectivity index (χ2n) is 6.57. The average Bonchev–Trinajstić information content (AvgIpc) is 3.14. The number of aromatic amines is 1. The highest BCUT2D eigenvalue weighted by molar-refractivity contribution is 8.22. The number of nitrogens with one attached hydrogen (secondary N) is 2. The number of hydrogen-bond donors (Lipinski definition) is 2. The van der Waals surface area contributed by atoms with Crippen LogP contribution in [0.3, 0.4) is 0 Å². The zero-order valence-electron chi connectivity index (χ0n) is 15.9. The van der Waals surface area contributed by atoms with Gasteiger partial charge in [0.25, 0.3) is 0 Å². The summed E-state index contributed by atoms with van der Waals surface area (Å²) in [5.74, 6) is 1.24. The molecule has 0 aliphatic heterocycles. The van der Waals surface area contributed by atoms with Gasteiger partial charge in [-0.1, -0.05) is 42.2 Å². The van der Waals surface area contributed by atoms with Gasteiger partial charge in [-0.05, 0) is 35.7 Å². The molecule has 29 heavy (non-hydrogen) atoms. The first-order chi connectivity index (χ1) is 14.1. The Hall–Kier alpha value is -2.77. The van der Waals surface area contributed by atoms with Crippen LogP contribution in [0, 0.1) is 0 Å². The number of thiocarbonyl (C=S) groups is 1. The quantitative estimate of drug-likeness (QED) is 0.347. The van der Waals surface area contributed by atoms with Crippen LogP contribution in [0.1, 0.15) is 11.1 Å². The van der Waals surface area contributed by atoms with Crippen molar-refractivity contribution in [2.75, 3.05) is 13.7 Å². The Kier molecular flexibility index (Phi) is 5.87. The fourth-order valence-corrected chi connectivity index (χ4v) is 4.30. The van der Waals surface area contributed by atoms with Crippen LogP contribution < -0.4 is 15.7 Å². The molecule has 0 fully saturated rings. The van der Waals surface area contributed by atoms with Gasteiger partial charge in [-0.15, -0.1) is 0 Å². The van der Waals surface area contributed by atoms with Crippen molar-refractivity contribution >= 4 is 50.2 Å². The van der Waals surface area contributed by atoms with Gasteiger partial charge in [0.2, 0.25) is 0 Å². The van der Waals surface area contributed by atoms with Crippen molar-refractivity contribution in [2.24, 2.45) is 0 Å². The van der Waals surface area contributed by atoms with Crippen molar-refractivity contribution in [1.82, 2.24) is 10.3 Å². The summed E-state index contributed by atoms with van der Waals surface area (Å²) in [5.41, 5.74) is 3.45. The molecule has 0 spiro atoms. The molecule has 0 aliphatic rings. The molecular formula is C22H20N2O3S2. The summed E-state index contributed by atoms with van der Waals surface area (Å²) in [6.07, 6.45) is 2.93. The zero-order chi connectivity index (χ0) is 20.2. The van der Waals surface area contributed by atoms with Crippen LogP contribution in [0.4, 0.5) is 0 Å². The van der Waals surface area contributed by atoms with Crippen LogP contribution in [-0.4, -0.2) is 23.0 Å². The number of methoxy groups -OCH3 is 1. The minimum atomic E-state index is -0.375. The van der Waals surface area contributed by atoms with Crippen molar-refractivity contribution in [3.8, 4) is 5.75 Å². The highest BCUT2D eigenvalue weighted by atomic mass is 32.2. The van der Waals surface area contributed by atoms with Crippen LogP contribution >= 0.6 is 24.0 Å². The lowest BCUT2D eigenvalue weighted by Crippen LogP contribution is -2.21. The molecular weight excluding hydrogens is 404 g/mol. The largest absolute Gasteiger partial charge is 0.497 e. The summed E-state index contributed by atoms with van der Waals surface area (Å²) < 4.78 is 11.2. The maximum atomic E-state index is 11.9. The van der Waals surface area contributed by atoms with Gasteiger partial charge in [0.05, 0.1) is 7.11 Å². The number of aromatic nitrogens is 1. The van der Waals surface area contributed by atoms with Gasteiger partial charge in [-0.25, -0.2) is 4.79 Å². The molecule has 2 aromatic carbocycles. The van der Waals surface area contributed by atoms with Crippen LogP contribution in [0.25, 0.3) is 21.9 Å². The third kappa shape index (κ3) is 4.46. The van der Waals surface area contributed by atoms with Crippen molar-refractivity contribution in [3.63, 3.8) is 0 Å². The molecule has 5 nitrogen and oxygen atoms in total. The standard InChI is InChI=1S/C22H20N2O3S2/c1-26-16-6-7-18-15(10-21(25)27-20(18)11-16)13-29-22(28)23-9-8-14-12-24-19-5-3-2-4-17(14)19/h2-7,10-12,24H,8-9,13H2,1H3,(H,23,28). The third-order valence-corrected chi connectivity index (χ3v) is 6.09. The number of thioether (sulfide) groups is 1. The molecule has 4 rings (SSSR count). The van der Waals surface area contributed by atoms with E-state index in [4.69, 9.17) is 21.4 Å². The van der Waals surface area contributed by atoms with E-state index >= 15 is 0 Å². The SMILES string of the molecule is COc1ccc2c(CSC(=S)NCCc3c[nH]c4ccccc34)cc(=O)oc2c1. The number of hydrogen-bond acceptors (Lipinski definition) is 5. The van der Waals surface area contributed by atoms with Gasteiger partial charge >= 0.3 is 5.63 Å². The first-order valence-electron chi connectivity index (χ1n) is 9.20. The summed E-state index contributed by atoms with van der Waals surface area (Å²) in [5, 5.41) is 5.43. The second kappa shape index (κ2) is 8.71. The van der Waals surface area contributed by atoms with E-state index in [2.05, 4.69) is 22.4 Å². The molecule has 0 atom stereocenters. The topological polar surface area (TPSA) is 67.3 Å². The fourth-order valence-electron chi connectivity index (χ4n) is 3.29. The molecule has 0 bridgehead atoms. The van der Waals surface area contributed by atoms with Crippen LogP contribution in [0.2, 0.25) is 0 Å². The molecule has 4 aromatic rings. The Morgan fingerprint density at radius 3 is 2.90 bits per heavy atom. The number of benzene rings is 2. The number of H-pyrrole nitrogens is 1. The molecule has 2 aromatic heterocycles. The minimum Gasteiger partial charge on any atom is -0.497 e. The van der Waals surface area contributed by atoms with Crippen molar-refractivity contribution in [2.45, 2.75) is 12.2 Å². The maximum absolute atomic E-state index is 11.9. The average molecular weight is 425 g/mol. The monoisotopic (exact) mass is 424 g/mol. The molecule has 0 saturated heterocycles. The van der Waals surface area contributed by atoms with Crippen LogP contribution in [0.15, 0.2) is 63.9 Å². The number of ether oxygens (including phenoxy) is 1. The fraction of sp³-hybridized carbons (Fsp3) is 0.182. The second-order valence-corrected chi connectivity index (χ2v) is 8.22. The number of para-hydroxylation sites is 1. The Labute approximate surface area is 177 Å². The molecule has 0 radical (unpaired) electrons. The van der Waals surface area contributed by atoms with Gasteiger partial charge in [-0.2, -0.15) is 0 Å². The molecule has 0 saturated carbocycles. The van der Waals surface area contributed by atoms with Gasteiger partial charge in [-0.3, -0.25) is 0 Å². The van der Waals surface area contributed by atoms with E-state index in [1.54, 1.807) is 13.2 Å². The highest BCUT2D eigenvalue weighted by Gasteiger charge is 2.09. The van der Waals surface area contributed by atoms with Gasteiger partial charge in [0.1, 0.15) is 15.7 Å². The Bertz CT molecular complexity index is 1230. The van der Waals surface area contributed by atoms with E-state index in [1.165, 1.54) is 28.8 Å². The predicted octanol–water partition coefficient (Wildman–Crippen LogP) is 4.63. The normalized spacial score (nSPS) is 11.1. The number of rotatable bonds is 6. The minimum absolute atomic E-state index is 0.375. The van der Waals surface area contributed by atoms with Gasteiger partial charge < -0.3 is 19.5 Å². The van der Waals surface area contributed by atoms with E-state index in [0.717, 1.165) is 29.4 Å². The Morgan fingerprint density at radius 2 is 2.03 bits per heavy atom. The van der Waals surface area contributed by atoms with E-state index in [0.29, 0.717) is 21.4 Å². The van der Waals surface area contributed by atoms with Gasteiger partial charge in [0, 0.05) is 46.9 Å². The molecule has 2 heterocycles. The van der Waals surface area contributed by atoms with E-state index in [-0.39, 0.29) is 5.63 Å². The lowest BCUT2D eigenvalue weighted by molar-refractivity contribution is 0.414. The summed E-state index contributed by atoms with van der Waals surface area (Å²) >= 11 is 6.97. The molecule has 7 heteroatoms. The first-order valence-corrected chi connectivity index (χ1v) is 10.6. The molecule has 2 N–H and O–H groups in total. The Balaban J connectivity index is 1.36. The molecule has 0 amide bonds. The van der Waals surface area contributed by atoms with E-state index in [9.17, 15) is 4.79 Å². The maximum Gasteiger partial charge on any atom is 0.336 e. The molecule has 148 valence electrons. The molecule has 0 unspecified atom stereocenters. The van der Waals surface area contributed by atoms with E-state index in [1.807, 2.05) is 30.5 Å². The summed E-state index contributed by atoms with van der Waals surface area (Å²) in [6.45, 7) is 0.753. The summed E-state index contributed by atoms with van der Waals surface area (Å²) in [7, 11) is 1.58. The van der Waals surface area contributed by atoms with Crippen molar-refractivity contribution in [1.29, 1.82) is 0 Å². The van der Waals surface area contributed by atoms with E-state index < -0.39 is 0 Å².